The molecule has 0 aromatic heterocycles. The first kappa shape index (κ1) is 23.9. The summed E-state index contributed by atoms with van der Waals surface area (Å²) < 4.78 is 38.9. The summed E-state index contributed by atoms with van der Waals surface area (Å²) in [5.41, 5.74) is 2.77. The summed E-state index contributed by atoms with van der Waals surface area (Å²) in [6.45, 7) is 10.9. The van der Waals surface area contributed by atoms with E-state index >= 15 is 0 Å². The van der Waals surface area contributed by atoms with Crippen LogP contribution in [0.4, 0.5) is 30.2 Å². The molecule has 0 amide bonds. The molecule has 2 N–H and O–H groups in total. The Kier molecular flexibility index (Phi) is 7.07. The first-order valence-electron chi connectivity index (χ1n) is 10.4. The average Bonchev–Trinajstić information content (AvgIpc) is 2.77. The highest BCUT2D eigenvalue weighted by Crippen LogP contribution is 2.35. The molecule has 0 spiro atoms. The monoisotopic (exact) mass is 452 g/mol. The van der Waals surface area contributed by atoms with Crippen LogP contribution in [0.1, 0.15) is 37.3 Å². The lowest BCUT2D eigenvalue weighted by atomic mass is 9.88. The first-order valence-corrected chi connectivity index (χ1v) is 10.4. The number of aliphatic carboxylic acids is 1. The van der Waals surface area contributed by atoms with E-state index in [9.17, 15) is 23.1 Å². The van der Waals surface area contributed by atoms with Gasteiger partial charge in [0.25, 0.3) is 0 Å². The van der Waals surface area contributed by atoms with Crippen molar-refractivity contribution in [2.24, 2.45) is 5.92 Å². The number of nitrogens with one attached hydrogen (secondary N) is 1. The minimum atomic E-state index is -4.43. The third kappa shape index (κ3) is 6.13. The average molecular weight is 452 g/mol. The van der Waals surface area contributed by atoms with Crippen molar-refractivity contribution < 1.29 is 23.1 Å². The second-order valence-corrected chi connectivity index (χ2v) is 8.22. The molecule has 170 valence electrons. The predicted molar refractivity (Wildman–Crippen MR) is 123 cm³/mol. The van der Waals surface area contributed by atoms with Crippen LogP contribution in [-0.2, 0) is 11.0 Å². The lowest BCUT2D eigenvalue weighted by molar-refractivity contribution is -0.139. The highest BCUT2D eigenvalue weighted by molar-refractivity contribution is 5.80. The van der Waals surface area contributed by atoms with Crippen molar-refractivity contribution in [1.29, 1.82) is 0 Å². The summed E-state index contributed by atoms with van der Waals surface area (Å²) >= 11 is 0. The molecule has 3 aromatic carbocycles. The molecule has 0 aliphatic heterocycles. The third-order valence-electron chi connectivity index (χ3n) is 5.19. The molecule has 0 aliphatic rings. The second kappa shape index (κ2) is 9.78. The van der Waals surface area contributed by atoms with Gasteiger partial charge >= 0.3 is 12.1 Å². The SMILES string of the molecule is [C-]#[N+]c1ccc(Nc2cc(-c3ccc(C(F)(F)F)cc3)cc(C(CC(C)C)C(=O)O)c2)cc1. The zero-order valence-corrected chi connectivity index (χ0v) is 18.1. The number of carbonyl (C=O) groups is 1. The molecular weight excluding hydrogens is 429 g/mol. The minimum absolute atomic E-state index is 0.137. The largest absolute Gasteiger partial charge is 0.481 e. The topological polar surface area (TPSA) is 53.7 Å². The van der Waals surface area contributed by atoms with E-state index in [0.717, 1.165) is 12.1 Å². The normalized spacial score (nSPS) is 12.3. The van der Waals surface area contributed by atoms with E-state index in [4.69, 9.17) is 6.57 Å². The van der Waals surface area contributed by atoms with Gasteiger partial charge in [-0.2, -0.15) is 13.2 Å². The molecule has 33 heavy (non-hydrogen) atoms. The molecule has 3 rings (SSSR count). The number of halogens is 3. The van der Waals surface area contributed by atoms with Crippen LogP contribution in [0.15, 0.2) is 66.7 Å². The van der Waals surface area contributed by atoms with Gasteiger partial charge < -0.3 is 10.4 Å². The van der Waals surface area contributed by atoms with Crippen LogP contribution in [0.5, 0.6) is 0 Å². The Balaban J connectivity index is 2.06. The lowest BCUT2D eigenvalue weighted by Gasteiger charge is -2.19. The molecule has 0 heterocycles. The van der Waals surface area contributed by atoms with Crippen molar-refractivity contribution >= 4 is 23.0 Å². The van der Waals surface area contributed by atoms with E-state index in [1.165, 1.54) is 12.1 Å². The van der Waals surface area contributed by atoms with Crippen LogP contribution in [0.2, 0.25) is 0 Å². The highest BCUT2D eigenvalue weighted by atomic mass is 19.4. The van der Waals surface area contributed by atoms with Gasteiger partial charge in [0.05, 0.1) is 18.1 Å². The van der Waals surface area contributed by atoms with E-state index in [1.54, 1.807) is 42.5 Å². The number of hydrogen-bond donors (Lipinski definition) is 2. The van der Waals surface area contributed by atoms with E-state index in [1.807, 2.05) is 13.8 Å². The summed E-state index contributed by atoms with van der Waals surface area (Å²) in [5.74, 6) is -1.58. The number of nitrogens with zero attached hydrogens (tertiary/aromatic N) is 1. The molecule has 0 aliphatic carbocycles. The Bertz CT molecular complexity index is 1160. The summed E-state index contributed by atoms with van der Waals surface area (Å²) in [6.07, 6.45) is -4.01. The van der Waals surface area contributed by atoms with Crippen LogP contribution >= 0.6 is 0 Å². The van der Waals surface area contributed by atoms with Crippen LogP contribution in [0, 0.1) is 12.5 Å². The van der Waals surface area contributed by atoms with Crippen LogP contribution in [-0.4, -0.2) is 11.1 Å². The molecule has 0 radical (unpaired) electrons. The fourth-order valence-electron chi connectivity index (χ4n) is 3.58. The Morgan fingerprint density at radius 3 is 2.12 bits per heavy atom. The number of hydrogen-bond acceptors (Lipinski definition) is 2. The second-order valence-electron chi connectivity index (χ2n) is 8.22. The van der Waals surface area contributed by atoms with Crippen molar-refractivity contribution in [2.45, 2.75) is 32.4 Å². The van der Waals surface area contributed by atoms with Gasteiger partial charge in [-0.05, 0) is 65.4 Å². The van der Waals surface area contributed by atoms with Gasteiger partial charge in [0.1, 0.15) is 0 Å². The van der Waals surface area contributed by atoms with E-state index in [-0.39, 0.29) is 5.92 Å². The van der Waals surface area contributed by atoms with Crippen LogP contribution < -0.4 is 5.32 Å². The standard InChI is InChI=1S/C26H23F3N2O2/c1-16(2)12-24(25(32)33)19-13-18(17-4-6-20(7-5-17)26(27,28)29)14-23(15-19)31-22-10-8-21(30-3)9-11-22/h4-11,13-16,24,31H,12H2,1-2H3,(H,32,33). The number of carboxylic acids is 1. The van der Waals surface area contributed by atoms with E-state index in [2.05, 4.69) is 10.2 Å². The Morgan fingerprint density at radius 1 is 0.970 bits per heavy atom. The molecule has 0 saturated heterocycles. The maximum Gasteiger partial charge on any atom is 0.416 e. The van der Waals surface area contributed by atoms with Crippen LogP contribution in [0.3, 0.4) is 0 Å². The van der Waals surface area contributed by atoms with Gasteiger partial charge in [0, 0.05) is 11.4 Å². The Labute approximate surface area is 190 Å². The lowest BCUT2D eigenvalue weighted by Crippen LogP contribution is -2.14. The fraction of sp³-hybridized carbons (Fsp3) is 0.231. The molecule has 0 bridgehead atoms. The number of benzene rings is 3. The van der Waals surface area contributed by atoms with Crippen molar-refractivity contribution in [3.63, 3.8) is 0 Å². The number of rotatable bonds is 7. The Hall–Kier alpha value is -3.79. The fourth-order valence-corrected chi connectivity index (χ4v) is 3.58. The van der Waals surface area contributed by atoms with Crippen molar-refractivity contribution in [3.05, 3.63) is 89.3 Å². The zero-order valence-electron chi connectivity index (χ0n) is 18.1. The molecule has 4 nitrogen and oxygen atoms in total. The van der Waals surface area contributed by atoms with Crippen molar-refractivity contribution in [1.82, 2.24) is 0 Å². The van der Waals surface area contributed by atoms with E-state index in [0.29, 0.717) is 40.2 Å². The smallest absolute Gasteiger partial charge is 0.416 e. The third-order valence-corrected chi connectivity index (χ3v) is 5.19. The van der Waals surface area contributed by atoms with E-state index < -0.39 is 23.6 Å². The Morgan fingerprint density at radius 2 is 1.61 bits per heavy atom. The summed E-state index contributed by atoms with van der Waals surface area (Å²) in [6, 6.07) is 16.8. The van der Waals surface area contributed by atoms with Gasteiger partial charge in [-0.3, -0.25) is 4.79 Å². The van der Waals surface area contributed by atoms with Crippen LogP contribution in [0.25, 0.3) is 16.0 Å². The molecule has 7 heteroatoms. The predicted octanol–water partition coefficient (Wildman–Crippen LogP) is 7.88. The quantitative estimate of drug-likeness (QED) is 0.359. The highest BCUT2D eigenvalue weighted by Gasteiger charge is 2.30. The van der Waals surface area contributed by atoms with Gasteiger partial charge in [-0.15, -0.1) is 0 Å². The molecular formula is C26H23F3N2O2. The molecule has 0 fully saturated rings. The van der Waals surface area contributed by atoms with Gasteiger partial charge in [0.15, 0.2) is 5.69 Å². The first-order chi connectivity index (χ1) is 15.6. The van der Waals surface area contributed by atoms with Crippen molar-refractivity contribution in [3.8, 4) is 11.1 Å². The van der Waals surface area contributed by atoms with Gasteiger partial charge in [-0.1, -0.05) is 44.2 Å². The number of alkyl halides is 3. The zero-order chi connectivity index (χ0) is 24.2. The van der Waals surface area contributed by atoms with Crippen molar-refractivity contribution in [2.75, 3.05) is 5.32 Å². The molecule has 3 aromatic rings. The summed E-state index contributed by atoms with van der Waals surface area (Å²) in [7, 11) is 0. The molecule has 1 unspecified atom stereocenters. The number of carboxylic acid groups (broad SMARTS) is 1. The maximum atomic E-state index is 13.0. The summed E-state index contributed by atoms with van der Waals surface area (Å²) in [4.78, 5) is 15.4. The minimum Gasteiger partial charge on any atom is -0.481 e. The molecule has 1 atom stereocenters. The summed E-state index contributed by atoms with van der Waals surface area (Å²) in [5, 5.41) is 13.0. The molecule has 0 saturated carbocycles. The van der Waals surface area contributed by atoms with Gasteiger partial charge in [0.2, 0.25) is 0 Å². The number of anilines is 2. The van der Waals surface area contributed by atoms with Gasteiger partial charge in [-0.25, -0.2) is 4.85 Å². The maximum absolute atomic E-state index is 13.0.